The van der Waals surface area contributed by atoms with Gasteiger partial charge < -0.3 is 5.11 Å². The van der Waals surface area contributed by atoms with Gasteiger partial charge in [0, 0.05) is 23.5 Å². The molecule has 1 amide bonds. The predicted octanol–water partition coefficient (Wildman–Crippen LogP) is 1.30. The van der Waals surface area contributed by atoms with Crippen LogP contribution in [0.3, 0.4) is 0 Å². The van der Waals surface area contributed by atoms with Crippen molar-refractivity contribution in [2.75, 3.05) is 5.01 Å². The Labute approximate surface area is 116 Å². The number of nitrogens with zero attached hydrogens (tertiary/aromatic N) is 4. The van der Waals surface area contributed by atoms with Gasteiger partial charge in [0.2, 0.25) is 0 Å². The largest absolute Gasteiger partial charge is 0.481 e. The predicted molar refractivity (Wildman–Crippen MR) is 72.5 cm³/mol. The van der Waals surface area contributed by atoms with E-state index >= 15 is 0 Å². The lowest BCUT2D eigenvalue weighted by atomic mass is 9.99. The lowest BCUT2D eigenvalue weighted by Gasteiger charge is -2.12. The fraction of sp³-hybridized carbons (Fsp3) is 0.462. The molecular weight excluding hydrogens is 260 g/mol. The number of hydrogen-bond acceptors (Lipinski definition) is 5. The lowest BCUT2D eigenvalue weighted by Crippen LogP contribution is -2.29. The number of carbonyl (C=O) groups is 2. The standard InChI is InChI=1S/C13H16N4O3/c1-7-6-8(2)15-13(14-7)17-12(20)10(9(3)16-17)4-5-11(18)19/h6,10H,4-5H2,1-3H3,(H,18,19). The number of carboxylic acid groups (broad SMARTS) is 1. The number of aliphatic carboxylic acids is 1. The van der Waals surface area contributed by atoms with Crippen molar-refractivity contribution in [1.82, 2.24) is 9.97 Å². The number of aryl methyl sites for hydroxylation is 2. The number of anilines is 1. The molecule has 1 N–H and O–H groups in total. The molecule has 106 valence electrons. The summed E-state index contributed by atoms with van der Waals surface area (Å²) in [6.07, 6.45) is 0.176. The smallest absolute Gasteiger partial charge is 0.303 e. The third-order valence-electron chi connectivity index (χ3n) is 3.08. The van der Waals surface area contributed by atoms with E-state index in [2.05, 4.69) is 15.1 Å². The van der Waals surface area contributed by atoms with Crippen LogP contribution >= 0.6 is 0 Å². The van der Waals surface area contributed by atoms with Crippen molar-refractivity contribution < 1.29 is 14.7 Å². The molecule has 1 unspecified atom stereocenters. The number of hydrogen-bond donors (Lipinski definition) is 1. The van der Waals surface area contributed by atoms with Crippen LogP contribution in [0.2, 0.25) is 0 Å². The second kappa shape index (κ2) is 5.36. The zero-order valence-corrected chi connectivity index (χ0v) is 11.6. The molecular formula is C13H16N4O3. The highest BCUT2D eigenvalue weighted by atomic mass is 16.4. The Bertz CT molecular complexity index is 577. The number of hydrazone groups is 1. The molecule has 1 aliphatic rings. The molecule has 0 radical (unpaired) electrons. The topological polar surface area (TPSA) is 95.8 Å². The first-order valence-electron chi connectivity index (χ1n) is 6.31. The van der Waals surface area contributed by atoms with Crippen LogP contribution in [0.4, 0.5) is 5.95 Å². The molecule has 7 nitrogen and oxygen atoms in total. The quantitative estimate of drug-likeness (QED) is 0.894. The summed E-state index contributed by atoms with van der Waals surface area (Å²) < 4.78 is 0. The Morgan fingerprint density at radius 3 is 2.45 bits per heavy atom. The number of amides is 1. The molecule has 1 atom stereocenters. The van der Waals surface area contributed by atoms with Crippen molar-refractivity contribution in [3.8, 4) is 0 Å². The van der Waals surface area contributed by atoms with Gasteiger partial charge in [0.1, 0.15) is 0 Å². The highest BCUT2D eigenvalue weighted by molar-refractivity contribution is 6.14. The first-order chi connectivity index (χ1) is 9.38. The first-order valence-corrected chi connectivity index (χ1v) is 6.31. The molecule has 0 aliphatic carbocycles. The van der Waals surface area contributed by atoms with Crippen LogP contribution in [0.5, 0.6) is 0 Å². The Hall–Kier alpha value is -2.31. The van der Waals surface area contributed by atoms with Crippen LogP contribution < -0.4 is 5.01 Å². The molecule has 0 bridgehead atoms. The van der Waals surface area contributed by atoms with E-state index in [0.717, 1.165) is 11.4 Å². The highest BCUT2D eigenvalue weighted by Crippen LogP contribution is 2.24. The number of aromatic nitrogens is 2. The van der Waals surface area contributed by atoms with E-state index in [1.54, 1.807) is 6.92 Å². The second-order valence-corrected chi connectivity index (χ2v) is 4.83. The maximum atomic E-state index is 12.3. The van der Waals surface area contributed by atoms with Gasteiger partial charge >= 0.3 is 5.97 Å². The maximum Gasteiger partial charge on any atom is 0.303 e. The van der Waals surface area contributed by atoms with E-state index in [1.165, 1.54) is 5.01 Å². The van der Waals surface area contributed by atoms with Gasteiger partial charge in [-0.05, 0) is 33.3 Å². The third-order valence-corrected chi connectivity index (χ3v) is 3.08. The Kier molecular flexibility index (Phi) is 3.78. The van der Waals surface area contributed by atoms with Crippen molar-refractivity contribution in [2.24, 2.45) is 11.0 Å². The van der Waals surface area contributed by atoms with Crippen LogP contribution in [-0.4, -0.2) is 32.7 Å². The first kappa shape index (κ1) is 14.1. The fourth-order valence-corrected chi connectivity index (χ4v) is 2.15. The van der Waals surface area contributed by atoms with Gasteiger partial charge in [-0.1, -0.05) is 0 Å². The van der Waals surface area contributed by atoms with Crippen molar-refractivity contribution >= 4 is 23.5 Å². The second-order valence-electron chi connectivity index (χ2n) is 4.83. The molecule has 0 fully saturated rings. The molecule has 7 heteroatoms. The minimum absolute atomic E-state index is 0.0647. The average Bonchev–Trinajstić information content (AvgIpc) is 2.61. The molecule has 20 heavy (non-hydrogen) atoms. The minimum Gasteiger partial charge on any atom is -0.481 e. The lowest BCUT2D eigenvalue weighted by molar-refractivity contribution is -0.137. The summed E-state index contributed by atoms with van der Waals surface area (Å²) >= 11 is 0. The van der Waals surface area contributed by atoms with E-state index < -0.39 is 11.9 Å². The van der Waals surface area contributed by atoms with Gasteiger partial charge in [0.25, 0.3) is 11.9 Å². The average molecular weight is 276 g/mol. The summed E-state index contributed by atoms with van der Waals surface area (Å²) in [4.78, 5) is 31.3. The van der Waals surface area contributed by atoms with Crippen LogP contribution in [0, 0.1) is 19.8 Å². The van der Waals surface area contributed by atoms with Crippen molar-refractivity contribution in [3.05, 3.63) is 17.5 Å². The summed E-state index contributed by atoms with van der Waals surface area (Å²) in [6.45, 7) is 5.35. The van der Waals surface area contributed by atoms with Crippen LogP contribution in [0.1, 0.15) is 31.2 Å². The van der Waals surface area contributed by atoms with Crippen molar-refractivity contribution in [1.29, 1.82) is 0 Å². The van der Waals surface area contributed by atoms with E-state index in [1.807, 2.05) is 19.9 Å². The highest BCUT2D eigenvalue weighted by Gasteiger charge is 2.35. The van der Waals surface area contributed by atoms with Crippen LogP contribution in [0.25, 0.3) is 0 Å². The van der Waals surface area contributed by atoms with Crippen LogP contribution in [0.15, 0.2) is 11.2 Å². The van der Waals surface area contributed by atoms with Crippen molar-refractivity contribution in [2.45, 2.75) is 33.6 Å². The van der Waals surface area contributed by atoms with E-state index in [0.29, 0.717) is 5.71 Å². The molecule has 1 aromatic heterocycles. The molecule has 0 saturated carbocycles. The number of carbonyl (C=O) groups excluding carboxylic acids is 1. The Morgan fingerprint density at radius 2 is 1.90 bits per heavy atom. The van der Waals surface area contributed by atoms with E-state index in [9.17, 15) is 9.59 Å². The van der Waals surface area contributed by atoms with E-state index in [-0.39, 0.29) is 24.7 Å². The maximum absolute atomic E-state index is 12.3. The monoisotopic (exact) mass is 276 g/mol. The van der Waals surface area contributed by atoms with Crippen LogP contribution in [-0.2, 0) is 9.59 Å². The molecule has 1 aliphatic heterocycles. The Morgan fingerprint density at radius 1 is 1.30 bits per heavy atom. The molecule has 0 aromatic carbocycles. The molecule has 2 heterocycles. The summed E-state index contributed by atoms with van der Waals surface area (Å²) in [5.74, 6) is -1.46. The fourth-order valence-electron chi connectivity index (χ4n) is 2.15. The minimum atomic E-state index is -0.924. The Balaban J connectivity index is 2.23. The van der Waals surface area contributed by atoms with Gasteiger partial charge in [-0.25, -0.2) is 9.97 Å². The van der Waals surface area contributed by atoms with Gasteiger partial charge in [0.15, 0.2) is 0 Å². The summed E-state index contributed by atoms with van der Waals surface area (Å²) in [5, 5.41) is 14.0. The van der Waals surface area contributed by atoms with Gasteiger partial charge in [-0.15, -0.1) is 0 Å². The van der Waals surface area contributed by atoms with Gasteiger partial charge in [-0.2, -0.15) is 10.1 Å². The zero-order valence-electron chi connectivity index (χ0n) is 11.6. The zero-order chi connectivity index (χ0) is 14.9. The van der Waals surface area contributed by atoms with E-state index in [4.69, 9.17) is 5.11 Å². The van der Waals surface area contributed by atoms with Gasteiger partial charge in [-0.3, -0.25) is 9.59 Å². The number of rotatable bonds is 4. The summed E-state index contributed by atoms with van der Waals surface area (Å²) in [5.41, 5.74) is 2.10. The number of carboxylic acids is 1. The molecule has 1 aromatic rings. The third kappa shape index (κ3) is 2.81. The molecule has 0 saturated heterocycles. The summed E-state index contributed by atoms with van der Waals surface area (Å²) in [7, 11) is 0. The van der Waals surface area contributed by atoms with Gasteiger partial charge in [0.05, 0.1) is 5.92 Å². The SMILES string of the molecule is CC1=NN(c2nc(C)cc(C)n2)C(=O)C1CCC(=O)O. The summed E-state index contributed by atoms with van der Waals surface area (Å²) in [6, 6.07) is 1.81. The molecule has 2 rings (SSSR count). The molecule has 0 spiro atoms. The van der Waals surface area contributed by atoms with Crippen molar-refractivity contribution in [3.63, 3.8) is 0 Å². The normalized spacial score (nSPS) is 18.4.